The number of aromatic carboxylic acids is 1. The van der Waals surface area contributed by atoms with Crippen LogP contribution >= 0.6 is 0 Å². The van der Waals surface area contributed by atoms with Gasteiger partial charge < -0.3 is 35.6 Å². The number of aliphatic carboxylic acids is 1. The Labute approximate surface area is 267 Å². The molecule has 3 aromatic carbocycles. The number of carbonyl (C=O) groups excluding carboxylic acids is 3. The molecule has 0 aromatic heterocycles. The molecular formula is C34H39N3O9. The fourth-order valence-corrected chi connectivity index (χ4v) is 4.50. The molecule has 0 fully saturated rings. The molecule has 244 valence electrons. The quantitative estimate of drug-likeness (QED) is 0.176. The standard InChI is InChI=1S/C34H39N3O9/c1-21(24-13-9-6-10-14-24)35-30(40)26(19-23-15-16-28(45-20-29(38)39)25(17-23)32(42)43)36-31(41)27(18-22-11-7-5-8-12-22)37-33(44)46-34(2,3)4/h5-17,21,26-27H,18-20H2,1-4H3,(H,35,40)(H,36,41)(H,37,44)(H,38,39)(H,42,43)/t21?,26-,27-/m0/s1. The second-order valence-electron chi connectivity index (χ2n) is 11.6. The molecule has 0 heterocycles. The number of carboxylic acids is 2. The third-order valence-electron chi connectivity index (χ3n) is 6.65. The van der Waals surface area contributed by atoms with Gasteiger partial charge in [-0.1, -0.05) is 66.7 Å². The van der Waals surface area contributed by atoms with Gasteiger partial charge in [0.2, 0.25) is 11.8 Å². The highest BCUT2D eigenvalue weighted by molar-refractivity contribution is 5.93. The third-order valence-corrected chi connectivity index (χ3v) is 6.65. The minimum atomic E-state index is -1.37. The number of alkyl carbamates (subject to hydrolysis) is 1. The summed E-state index contributed by atoms with van der Waals surface area (Å²) in [6.07, 6.45) is -0.854. The van der Waals surface area contributed by atoms with Gasteiger partial charge in [-0.25, -0.2) is 14.4 Å². The van der Waals surface area contributed by atoms with Crippen LogP contribution in [0.15, 0.2) is 78.9 Å². The summed E-state index contributed by atoms with van der Waals surface area (Å²) in [7, 11) is 0. The van der Waals surface area contributed by atoms with Gasteiger partial charge in [0.15, 0.2) is 6.61 Å². The molecule has 5 N–H and O–H groups in total. The molecule has 0 aliphatic carbocycles. The van der Waals surface area contributed by atoms with Crippen LogP contribution in [0.25, 0.3) is 0 Å². The first-order valence-corrected chi connectivity index (χ1v) is 14.6. The summed E-state index contributed by atoms with van der Waals surface area (Å²) in [5, 5.41) is 26.9. The molecule has 1 unspecified atom stereocenters. The van der Waals surface area contributed by atoms with Gasteiger partial charge >= 0.3 is 18.0 Å². The van der Waals surface area contributed by atoms with Crippen LogP contribution in [-0.2, 0) is 32.0 Å². The normalized spacial score (nSPS) is 13.0. The predicted octanol–water partition coefficient (Wildman–Crippen LogP) is 3.89. The number of nitrogens with one attached hydrogen (secondary N) is 3. The van der Waals surface area contributed by atoms with E-state index in [2.05, 4.69) is 16.0 Å². The van der Waals surface area contributed by atoms with E-state index in [1.165, 1.54) is 18.2 Å². The van der Waals surface area contributed by atoms with Crippen LogP contribution in [0.4, 0.5) is 4.79 Å². The molecular weight excluding hydrogens is 594 g/mol. The van der Waals surface area contributed by atoms with E-state index >= 15 is 0 Å². The average molecular weight is 634 g/mol. The van der Waals surface area contributed by atoms with Gasteiger partial charge in [0.05, 0.1) is 6.04 Å². The van der Waals surface area contributed by atoms with Crippen LogP contribution in [0.2, 0.25) is 0 Å². The largest absolute Gasteiger partial charge is 0.481 e. The topological polar surface area (TPSA) is 180 Å². The van der Waals surface area contributed by atoms with Crippen molar-refractivity contribution in [1.29, 1.82) is 0 Å². The van der Waals surface area contributed by atoms with Crippen molar-refractivity contribution in [3.05, 3.63) is 101 Å². The Morgan fingerprint density at radius 2 is 1.30 bits per heavy atom. The lowest BCUT2D eigenvalue weighted by atomic mass is 10.00. The number of benzene rings is 3. The number of hydrogen-bond acceptors (Lipinski definition) is 7. The first kappa shape index (κ1) is 35.1. The Hall–Kier alpha value is -5.39. The van der Waals surface area contributed by atoms with Crippen molar-refractivity contribution in [2.75, 3.05) is 6.61 Å². The summed E-state index contributed by atoms with van der Waals surface area (Å²) in [6, 6.07) is 19.5. The van der Waals surface area contributed by atoms with Crippen LogP contribution in [0, 0.1) is 0 Å². The van der Waals surface area contributed by atoms with E-state index in [-0.39, 0.29) is 24.2 Å². The van der Waals surface area contributed by atoms with Crippen molar-refractivity contribution >= 4 is 29.8 Å². The van der Waals surface area contributed by atoms with Crippen LogP contribution < -0.4 is 20.7 Å². The Morgan fingerprint density at radius 3 is 1.89 bits per heavy atom. The molecule has 0 saturated heterocycles. The van der Waals surface area contributed by atoms with Crippen molar-refractivity contribution < 1.29 is 43.7 Å². The van der Waals surface area contributed by atoms with E-state index in [1.807, 2.05) is 36.4 Å². The van der Waals surface area contributed by atoms with Gasteiger partial charge in [-0.3, -0.25) is 9.59 Å². The number of amides is 3. The lowest BCUT2D eigenvalue weighted by molar-refractivity contribution is -0.139. The zero-order valence-electron chi connectivity index (χ0n) is 26.1. The fourth-order valence-electron chi connectivity index (χ4n) is 4.50. The SMILES string of the molecule is CC(NC(=O)[C@H](Cc1ccc(OCC(=O)O)c(C(=O)O)c1)NC(=O)[C@H](Cc1ccccc1)NC(=O)OC(C)(C)C)c1ccccc1. The van der Waals surface area contributed by atoms with E-state index in [9.17, 15) is 29.1 Å². The first-order chi connectivity index (χ1) is 21.7. The highest BCUT2D eigenvalue weighted by atomic mass is 16.6. The molecule has 0 saturated carbocycles. The van der Waals surface area contributed by atoms with Crippen LogP contribution in [0.5, 0.6) is 5.75 Å². The molecule has 12 nitrogen and oxygen atoms in total. The van der Waals surface area contributed by atoms with Gasteiger partial charge in [-0.05, 0) is 56.5 Å². The van der Waals surface area contributed by atoms with Crippen LogP contribution in [-0.4, -0.2) is 64.4 Å². The lowest BCUT2D eigenvalue weighted by Gasteiger charge is -2.26. The fraction of sp³-hybridized carbons (Fsp3) is 0.324. The first-order valence-electron chi connectivity index (χ1n) is 14.6. The van der Waals surface area contributed by atoms with Gasteiger partial charge in [0.1, 0.15) is 29.0 Å². The molecule has 3 amide bonds. The van der Waals surface area contributed by atoms with Gasteiger partial charge in [0.25, 0.3) is 0 Å². The predicted molar refractivity (Wildman–Crippen MR) is 168 cm³/mol. The van der Waals surface area contributed by atoms with E-state index < -0.39 is 60.2 Å². The number of ether oxygens (including phenoxy) is 2. The summed E-state index contributed by atoms with van der Waals surface area (Å²) in [4.78, 5) is 63.0. The third kappa shape index (κ3) is 11.3. The summed E-state index contributed by atoms with van der Waals surface area (Å²) in [5.41, 5.74) is 0.793. The number of hydrogen-bond donors (Lipinski definition) is 5. The number of rotatable bonds is 14. The summed E-state index contributed by atoms with van der Waals surface area (Å²) in [5.74, 6) is -4.02. The molecule has 3 atom stereocenters. The minimum absolute atomic E-state index is 0.0967. The Kier molecular flexibility index (Phi) is 12.3. The molecule has 0 aliphatic heterocycles. The van der Waals surface area contributed by atoms with E-state index in [1.54, 1.807) is 52.0 Å². The Balaban J connectivity index is 1.92. The van der Waals surface area contributed by atoms with Crippen LogP contribution in [0.1, 0.15) is 60.8 Å². The van der Waals surface area contributed by atoms with Gasteiger partial charge in [-0.2, -0.15) is 0 Å². The molecule has 0 bridgehead atoms. The highest BCUT2D eigenvalue weighted by Gasteiger charge is 2.30. The maximum absolute atomic E-state index is 13.8. The molecule has 12 heteroatoms. The Bertz CT molecular complexity index is 1520. The average Bonchev–Trinajstić information content (AvgIpc) is 2.99. The second kappa shape index (κ2) is 16.1. The van der Waals surface area contributed by atoms with E-state index in [0.29, 0.717) is 5.56 Å². The monoisotopic (exact) mass is 633 g/mol. The second-order valence-corrected chi connectivity index (χ2v) is 11.6. The van der Waals surface area contributed by atoms with Crippen molar-refractivity contribution in [3.8, 4) is 5.75 Å². The van der Waals surface area contributed by atoms with Crippen molar-refractivity contribution in [2.24, 2.45) is 0 Å². The minimum Gasteiger partial charge on any atom is -0.481 e. The maximum atomic E-state index is 13.8. The molecule has 3 rings (SSSR count). The summed E-state index contributed by atoms with van der Waals surface area (Å²) < 4.78 is 10.5. The van der Waals surface area contributed by atoms with Gasteiger partial charge in [0, 0.05) is 12.8 Å². The molecule has 0 aliphatic rings. The zero-order chi connectivity index (χ0) is 33.9. The van der Waals surface area contributed by atoms with E-state index in [4.69, 9.17) is 14.6 Å². The molecule has 3 aromatic rings. The highest BCUT2D eigenvalue weighted by Crippen LogP contribution is 2.22. The maximum Gasteiger partial charge on any atom is 0.408 e. The van der Waals surface area contributed by atoms with Gasteiger partial charge in [-0.15, -0.1) is 0 Å². The summed E-state index contributed by atoms with van der Waals surface area (Å²) >= 11 is 0. The van der Waals surface area contributed by atoms with Crippen molar-refractivity contribution in [3.63, 3.8) is 0 Å². The van der Waals surface area contributed by atoms with E-state index in [0.717, 1.165) is 11.1 Å². The Morgan fingerprint density at radius 1 is 0.739 bits per heavy atom. The van der Waals surface area contributed by atoms with Crippen molar-refractivity contribution in [1.82, 2.24) is 16.0 Å². The number of carboxylic acid groups (broad SMARTS) is 2. The smallest absolute Gasteiger partial charge is 0.408 e. The molecule has 46 heavy (non-hydrogen) atoms. The molecule has 0 radical (unpaired) electrons. The molecule has 0 spiro atoms. The number of carbonyl (C=O) groups is 5. The summed E-state index contributed by atoms with van der Waals surface area (Å²) in [6.45, 7) is 6.11. The zero-order valence-corrected chi connectivity index (χ0v) is 26.1. The van der Waals surface area contributed by atoms with Crippen molar-refractivity contribution in [2.45, 2.75) is 64.3 Å². The van der Waals surface area contributed by atoms with Crippen LogP contribution in [0.3, 0.4) is 0 Å². The lowest BCUT2D eigenvalue weighted by Crippen LogP contribution is -2.55.